The number of carbonyl (C=O) groups is 2. The Bertz CT molecular complexity index is 637. The summed E-state index contributed by atoms with van der Waals surface area (Å²) < 4.78 is 0.453. The second-order valence-electron chi connectivity index (χ2n) is 3.97. The van der Waals surface area contributed by atoms with Gasteiger partial charge >= 0.3 is 5.97 Å². The molecular weight excluding hydrogens is 294 g/mol. The van der Waals surface area contributed by atoms with Crippen molar-refractivity contribution >= 4 is 46.3 Å². The number of carbonyl (C=O) groups excluding carboxylic acids is 1. The summed E-state index contributed by atoms with van der Waals surface area (Å²) in [6, 6.07) is 6.52. The number of amides is 1. The van der Waals surface area contributed by atoms with E-state index >= 15 is 0 Å². The number of thioether (sulfide) groups is 1. The van der Waals surface area contributed by atoms with Gasteiger partial charge in [-0.3, -0.25) is 9.69 Å². The summed E-state index contributed by atoms with van der Waals surface area (Å²) in [5, 5.41) is 9.12. The second kappa shape index (κ2) is 6.02. The lowest BCUT2D eigenvalue weighted by Gasteiger charge is -2.10. The monoisotopic (exact) mass is 305 g/mol. The molecular formula is C14H11NO3S2. The van der Waals surface area contributed by atoms with Gasteiger partial charge < -0.3 is 5.11 Å². The third kappa shape index (κ3) is 2.81. The van der Waals surface area contributed by atoms with Crippen LogP contribution in [0.4, 0.5) is 0 Å². The molecule has 6 heteroatoms. The standard InChI is InChI=1S/C14H11NO3S2/c1-2-7-15-12(16)11(20-14(15)19)8-9-5-3-4-6-10(9)13(17)18/h2-6,8H,1,7H2,(H,17,18). The molecule has 0 radical (unpaired) electrons. The van der Waals surface area contributed by atoms with Crippen LogP contribution in [-0.4, -0.2) is 32.7 Å². The lowest BCUT2D eigenvalue weighted by atomic mass is 10.1. The van der Waals surface area contributed by atoms with Crippen LogP contribution in [-0.2, 0) is 4.79 Å². The number of benzene rings is 1. The van der Waals surface area contributed by atoms with Gasteiger partial charge in [-0.1, -0.05) is 48.3 Å². The molecule has 1 heterocycles. The van der Waals surface area contributed by atoms with Crippen LogP contribution in [0.3, 0.4) is 0 Å². The normalized spacial score (nSPS) is 16.8. The van der Waals surface area contributed by atoms with Gasteiger partial charge in [-0.25, -0.2) is 4.79 Å². The van der Waals surface area contributed by atoms with Crippen molar-refractivity contribution in [3.8, 4) is 0 Å². The predicted molar refractivity (Wildman–Crippen MR) is 83.5 cm³/mol. The van der Waals surface area contributed by atoms with Gasteiger partial charge in [0, 0.05) is 6.54 Å². The Morgan fingerprint density at radius 1 is 1.45 bits per heavy atom. The average molecular weight is 305 g/mol. The van der Waals surface area contributed by atoms with Crippen molar-refractivity contribution in [2.24, 2.45) is 0 Å². The molecule has 2 rings (SSSR count). The van der Waals surface area contributed by atoms with Gasteiger partial charge in [-0.15, -0.1) is 6.58 Å². The van der Waals surface area contributed by atoms with Gasteiger partial charge in [0.2, 0.25) is 0 Å². The van der Waals surface area contributed by atoms with E-state index in [9.17, 15) is 9.59 Å². The highest BCUT2D eigenvalue weighted by atomic mass is 32.2. The molecule has 1 aliphatic heterocycles. The Morgan fingerprint density at radius 3 is 2.80 bits per heavy atom. The molecule has 0 atom stereocenters. The van der Waals surface area contributed by atoms with Crippen molar-refractivity contribution < 1.29 is 14.7 Å². The number of thiocarbonyl (C=S) groups is 1. The smallest absolute Gasteiger partial charge is 0.336 e. The highest BCUT2D eigenvalue weighted by molar-refractivity contribution is 8.26. The molecule has 1 aliphatic rings. The minimum absolute atomic E-state index is 0.154. The van der Waals surface area contributed by atoms with Crippen LogP contribution in [0.25, 0.3) is 6.08 Å². The first-order valence-corrected chi connectivity index (χ1v) is 6.95. The van der Waals surface area contributed by atoms with E-state index in [1.807, 2.05) is 0 Å². The van der Waals surface area contributed by atoms with Crippen LogP contribution in [0.2, 0.25) is 0 Å². The number of hydrogen-bond donors (Lipinski definition) is 1. The lowest BCUT2D eigenvalue weighted by molar-refractivity contribution is -0.121. The summed E-state index contributed by atoms with van der Waals surface area (Å²) >= 11 is 6.29. The van der Waals surface area contributed by atoms with Crippen LogP contribution >= 0.6 is 24.0 Å². The summed E-state index contributed by atoms with van der Waals surface area (Å²) in [6.45, 7) is 3.93. The zero-order valence-electron chi connectivity index (χ0n) is 10.4. The van der Waals surface area contributed by atoms with Gasteiger partial charge in [0.25, 0.3) is 5.91 Å². The minimum Gasteiger partial charge on any atom is -0.478 e. The maximum atomic E-state index is 12.1. The molecule has 0 spiro atoms. The van der Waals surface area contributed by atoms with Crippen molar-refractivity contribution in [3.63, 3.8) is 0 Å². The van der Waals surface area contributed by atoms with E-state index in [-0.39, 0.29) is 11.5 Å². The van der Waals surface area contributed by atoms with Gasteiger partial charge in [0.1, 0.15) is 4.32 Å². The number of carboxylic acids is 1. The summed E-state index contributed by atoms with van der Waals surface area (Å²) in [5.41, 5.74) is 0.639. The third-order valence-corrected chi connectivity index (χ3v) is 4.04. The summed E-state index contributed by atoms with van der Waals surface area (Å²) in [7, 11) is 0. The molecule has 0 unspecified atom stereocenters. The number of carboxylic acid groups (broad SMARTS) is 1. The van der Waals surface area contributed by atoms with E-state index in [0.29, 0.717) is 21.3 Å². The molecule has 102 valence electrons. The lowest BCUT2D eigenvalue weighted by Crippen LogP contribution is -2.27. The first kappa shape index (κ1) is 14.5. The van der Waals surface area contributed by atoms with Crippen LogP contribution in [0.1, 0.15) is 15.9 Å². The molecule has 1 aromatic carbocycles. The summed E-state index contributed by atoms with van der Waals surface area (Å²) in [4.78, 5) is 25.1. The van der Waals surface area contributed by atoms with Gasteiger partial charge in [-0.2, -0.15) is 0 Å². The van der Waals surface area contributed by atoms with Crippen molar-refractivity contribution in [1.82, 2.24) is 4.90 Å². The molecule has 1 saturated heterocycles. The van der Waals surface area contributed by atoms with E-state index in [1.54, 1.807) is 30.4 Å². The largest absolute Gasteiger partial charge is 0.478 e. The first-order valence-electron chi connectivity index (χ1n) is 5.73. The molecule has 1 fully saturated rings. The highest BCUT2D eigenvalue weighted by Crippen LogP contribution is 2.32. The predicted octanol–water partition coefficient (Wildman–Crippen LogP) is 2.77. The van der Waals surface area contributed by atoms with Crippen LogP contribution in [0.5, 0.6) is 0 Å². The Morgan fingerprint density at radius 2 is 2.15 bits per heavy atom. The zero-order valence-corrected chi connectivity index (χ0v) is 12.0. The van der Waals surface area contributed by atoms with E-state index in [2.05, 4.69) is 6.58 Å². The van der Waals surface area contributed by atoms with E-state index < -0.39 is 5.97 Å². The molecule has 0 aromatic heterocycles. The van der Waals surface area contributed by atoms with Crippen molar-refractivity contribution in [2.75, 3.05) is 6.54 Å². The number of hydrogen-bond acceptors (Lipinski definition) is 4. The maximum Gasteiger partial charge on any atom is 0.336 e. The van der Waals surface area contributed by atoms with Gasteiger partial charge in [-0.05, 0) is 17.7 Å². The fourth-order valence-corrected chi connectivity index (χ4v) is 3.01. The Labute approximate surface area is 125 Å². The van der Waals surface area contributed by atoms with E-state index in [4.69, 9.17) is 17.3 Å². The maximum absolute atomic E-state index is 12.1. The SMILES string of the molecule is C=CCN1C(=O)C(=Cc2ccccc2C(=O)O)SC1=S. The number of rotatable bonds is 4. The molecule has 0 saturated carbocycles. The molecule has 1 N–H and O–H groups in total. The van der Waals surface area contributed by atoms with Crippen LogP contribution < -0.4 is 0 Å². The summed E-state index contributed by atoms with van der Waals surface area (Å²) in [5.74, 6) is -1.25. The molecule has 20 heavy (non-hydrogen) atoms. The van der Waals surface area contributed by atoms with Crippen molar-refractivity contribution in [1.29, 1.82) is 0 Å². The molecule has 1 amide bonds. The Kier molecular flexibility index (Phi) is 4.36. The first-order chi connectivity index (χ1) is 9.54. The van der Waals surface area contributed by atoms with E-state index in [0.717, 1.165) is 0 Å². The second-order valence-corrected chi connectivity index (χ2v) is 5.65. The molecule has 1 aromatic rings. The minimum atomic E-state index is -1.03. The average Bonchev–Trinajstić information content (AvgIpc) is 2.67. The fourth-order valence-electron chi connectivity index (χ4n) is 1.75. The van der Waals surface area contributed by atoms with E-state index in [1.165, 1.54) is 22.7 Å². The molecule has 4 nitrogen and oxygen atoms in total. The Hall–Kier alpha value is -1.92. The van der Waals surface area contributed by atoms with Crippen molar-refractivity contribution in [2.45, 2.75) is 0 Å². The van der Waals surface area contributed by atoms with Gasteiger partial charge in [0.05, 0.1) is 10.5 Å². The van der Waals surface area contributed by atoms with Gasteiger partial charge in [0.15, 0.2) is 0 Å². The Balaban J connectivity index is 2.38. The fraction of sp³-hybridized carbons (Fsp3) is 0.0714. The highest BCUT2D eigenvalue weighted by Gasteiger charge is 2.31. The van der Waals surface area contributed by atoms with Crippen LogP contribution in [0.15, 0.2) is 41.8 Å². The van der Waals surface area contributed by atoms with Crippen molar-refractivity contribution in [3.05, 3.63) is 53.0 Å². The molecule has 0 bridgehead atoms. The topological polar surface area (TPSA) is 57.6 Å². The van der Waals surface area contributed by atoms with Crippen LogP contribution in [0, 0.1) is 0 Å². The number of aromatic carboxylic acids is 1. The molecule has 0 aliphatic carbocycles. The quantitative estimate of drug-likeness (QED) is 0.526. The zero-order chi connectivity index (χ0) is 14.7. The summed E-state index contributed by atoms with van der Waals surface area (Å²) in [6.07, 6.45) is 3.16. The third-order valence-electron chi connectivity index (χ3n) is 2.66. The number of nitrogens with zero attached hydrogens (tertiary/aromatic N) is 1.